The quantitative estimate of drug-likeness (QED) is 0.304. The summed E-state index contributed by atoms with van der Waals surface area (Å²) in [6.07, 6.45) is 4.24. The number of rotatable bonds is 12. The number of benzene rings is 2. The summed E-state index contributed by atoms with van der Waals surface area (Å²) in [5.74, 6) is -0.113. The first-order valence-electron chi connectivity index (χ1n) is 12.9. The summed E-state index contributed by atoms with van der Waals surface area (Å²) in [6, 6.07) is 17.9. The van der Waals surface area contributed by atoms with E-state index in [9.17, 15) is 15.0 Å². The number of carboxylic acids is 1. The second-order valence-electron chi connectivity index (χ2n) is 9.90. The number of aromatic nitrogens is 2. The van der Waals surface area contributed by atoms with Gasteiger partial charge in [0.2, 0.25) is 0 Å². The first-order chi connectivity index (χ1) is 17.9. The summed E-state index contributed by atoms with van der Waals surface area (Å²) in [7, 11) is 0. The molecular formula is C29H35ClN2O5. The Balaban J connectivity index is 1.62. The fraction of sp³-hybridized carbons (Fsp3) is 0.448. The van der Waals surface area contributed by atoms with Gasteiger partial charge < -0.3 is 20.1 Å². The zero-order valence-corrected chi connectivity index (χ0v) is 21.7. The normalized spacial score (nSPS) is 18.6. The Morgan fingerprint density at radius 1 is 1.05 bits per heavy atom. The Hall–Kier alpha value is -2.71. The minimum atomic E-state index is -0.934. The summed E-state index contributed by atoms with van der Waals surface area (Å²) in [6.45, 7) is 0.723. The van der Waals surface area contributed by atoms with E-state index in [4.69, 9.17) is 26.5 Å². The number of halogens is 1. The second-order valence-corrected chi connectivity index (χ2v) is 10.3. The van der Waals surface area contributed by atoms with Gasteiger partial charge in [0.05, 0.1) is 19.3 Å². The van der Waals surface area contributed by atoms with Crippen molar-refractivity contribution in [2.75, 3.05) is 19.8 Å². The molecule has 8 heteroatoms. The van der Waals surface area contributed by atoms with E-state index in [0.29, 0.717) is 36.3 Å². The van der Waals surface area contributed by atoms with Crippen LogP contribution in [0.4, 0.5) is 0 Å². The van der Waals surface area contributed by atoms with Crippen LogP contribution in [-0.4, -0.2) is 57.0 Å². The van der Waals surface area contributed by atoms with Crippen molar-refractivity contribution in [1.82, 2.24) is 9.78 Å². The number of carboxylic acid groups (broad SMARTS) is 1. The van der Waals surface area contributed by atoms with Crippen molar-refractivity contribution in [1.29, 1.82) is 0 Å². The van der Waals surface area contributed by atoms with Crippen LogP contribution in [0.2, 0.25) is 5.02 Å². The summed E-state index contributed by atoms with van der Waals surface area (Å²) < 4.78 is 7.42. The molecule has 0 bridgehead atoms. The van der Waals surface area contributed by atoms with Gasteiger partial charge in [0.15, 0.2) is 0 Å². The number of aliphatic hydroxyl groups excluding tert-OH is 2. The van der Waals surface area contributed by atoms with Gasteiger partial charge in [-0.1, -0.05) is 54.1 Å². The Kier molecular flexibility index (Phi) is 9.75. The Morgan fingerprint density at radius 2 is 1.76 bits per heavy atom. The van der Waals surface area contributed by atoms with E-state index in [-0.39, 0.29) is 13.2 Å². The average molecular weight is 527 g/mol. The monoisotopic (exact) mass is 526 g/mol. The molecule has 2 aromatic carbocycles. The lowest BCUT2D eigenvalue weighted by atomic mass is 9.82. The molecule has 4 rings (SSSR count). The van der Waals surface area contributed by atoms with Crippen molar-refractivity contribution < 1.29 is 24.9 Å². The number of aliphatic hydroxyl groups is 2. The lowest BCUT2D eigenvalue weighted by Gasteiger charge is -2.28. The summed E-state index contributed by atoms with van der Waals surface area (Å²) in [5, 5.41) is 34.1. The van der Waals surface area contributed by atoms with Gasteiger partial charge in [0.25, 0.3) is 0 Å². The highest BCUT2D eigenvalue weighted by atomic mass is 35.5. The smallest absolute Gasteiger partial charge is 0.329 e. The standard InChI is InChI=1S/C29H35ClN2O5/c30-24-8-4-7-23(15-24)28-26(14-13-25(34)17-33)32(31-29(28)22-5-2-1-3-6-22)16-20-9-11-21(12-10-20)18-37-19-27(35)36/h1-8,15,20-21,25,33-34H,9-14,16-19H2,(H,35,36)/t20-,21+,25-/m0/s1. The van der Waals surface area contributed by atoms with Gasteiger partial charge in [-0.05, 0) is 68.1 Å². The lowest BCUT2D eigenvalue weighted by Crippen LogP contribution is -2.24. The predicted molar refractivity (Wildman–Crippen MR) is 143 cm³/mol. The van der Waals surface area contributed by atoms with Crippen molar-refractivity contribution in [2.45, 2.75) is 51.2 Å². The minimum Gasteiger partial charge on any atom is -0.480 e. The highest BCUT2D eigenvalue weighted by Crippen LogP contribution is 2.38. The molecule has 0 amide bonds. The largest absolute Gasteiger partial charge is 0.480 e. The molecule has 1 aromatic heterocycles. The Morgan fingerprint density at radius 3 is 2.43 bits per heavy atom. The van der Waals surface area contributed by atoms with Gasteiger partial charge in [-0.2, -0.15) is 5.10 Å². The molecule has 0 spiro atoms. The molecule has 1 aliphatic rings. The highest BCUT2D eigenvalue weighted by molar-refractivity contribution is 6.30. The molecule has 7 nitrogen and oxygen atoms in total. The van der Waals surface area contributed by atoms with Crippen molar-refractivity contribution >= 4 is 17.6 Å². The molecule has 0 aliphatic heterocycles. The first kappa shape index (κ1) is 27.3. The molecule has 198 valence electrons. The van der Waals surface area contributed by atoms with E-state index in [1.165, 1.54) is 0 Å². The van der Waals surface area contributed by atoms with E-state index < -0.39 is 12.1 Å². The number of ether oxygens (including phenoxy) is 1. The van der Waals surface area contributed by atoms with E-state index in [2.05, 4.69) is 16.8 Å². The molecule has 1 fully saturated rings. The van der Waals surface area contributed by atoms with Gasteiger partial charge in [0, 0.05) is 28.4 Å². The van der Waals surface area contributed by atoms with Gasteiger partial charge in [-0.25, -0.2) is 4.79 Å². The summed E-state index contributed by atoms with van der Waals surface area (Å²) in [5.41, 5.74) is 4.91. The van der Waals surface area contributed by atoms with Gasteiger partial charge in [0.1, 0.15) is 12.3 Å². The number of nitrogens with zero attached hydrogens (tertiary/aromatic N) is 2. The molecule has 0 unspecified atom stereocenters. The van der Waals surface area contributed by atoms with Crippen molar-refractivity contribution in [3.63, 3.8) is 0 Å². The van der Waals surface area contributed by atoms with Crippen LogP contribution < -0.4 is 0 Å². The average Bonchev–Trinajstić information content (AvgIpc) is 3.26. The van der Waals surface area contributed by atoms with Crippen LogP contribution in [0.5, 0.6) is 0 Å². The van der Waals surface area contributed by atoms with E-state index >= 15 is 0 Å². The van der Waals surface area contributed by atoms with Crippen molar-refractivity contribution in [2.24, 2.45) is 11.8 Å². The third-order valence-electron chi connectivity index (χ3n) is 7.12. The third kappa shape index (κ3) is 7.42. The molecule has 3 aromatic rings. The van der Waals surface area contributed by atoms with Crippen LogP contribution >= 0.6 is 11.6 Å². The van der Waals surface area contributed by atoms with Gasteiger partial charge in [-0.3, -0.25) is 4.68 Å². The molecule has 37 heavy (non-hydrogen) atoms. The van der Waals surface area contributed by atoms with E-state index in [1.807, 2.05) is 42.5 Å². The third-order valence-corrected chi connectivity index (χ3v) is 7.35. The summed E-state index contributed by atoms with van der Waals surface area (Å²) >= 11 is 6.38. The lowest BCUT2D eigenvalue weighted by molar-refractivity contribution is -0.142. The second kappa shape index (κ2) is 13.2. The van der Waals surface area contributed by atoms with E-state index in [1.54, 1.807) is 0 Å². The zero-order chi connectivity index (χ0) is 26.2. The fourth-order valence-corrected chi connectivity index (χ4v) is 5.37. The molecular weight excluding hydrogens is 492 g/mol. The number of carbonyl (C=O) groups is 1. The van der Waals surface area contributed by atoms with Crippen LogP contribution in [0.25, 0.3) is 22.4 Å². The van der Waals surface area contributed by atoms with Gasteiger partial charge >= 0.3 is 5.97 Å². The van der Waals surface area contributed by atoms with Crippen molar-refractivity contribution in [3.05, 3.63) is 65.3 Å². The SMILES string of the molecule is O=C(O)COC[C@H]1CC[C@@H](Cn2nc(-c3ccccc3)c(-c3cccc(Cl)c3)c2CC[C@H](O)CO)CC1. The maximum Gasteiger partial charge on any atom is 0.329 e. The maximum absolute atomic E-state index is 10.7. The van der Waals surface area contributed by atoms with E-state index in [0.717, 1.165) is 60.3 Å². The molecule has 1 heterocycles. The van der Waals surface area contributed by atoms with Crippen LogP contribution in [-0.2, 0) is 22.5 Å². The number of aliphatic carboxylic acids is 1. The first-order valence-corrected chi connectivity index (χ1v) is 13.3. The Bertz CT molecular complexity index is 1160. The molecule has 0 saturated heterocycles. The topological polar surface area (TPSA) is 105 Å². The van der Waals surface area contributed by atoms with Crippen LogP contribution in [0.15, 0.2) is 54.6 Å². The molecule has 1 aliphatic carbocycles. The maximum atomic E-state index is 10.7. The predicted octanol–water partition coefficient (Wildman–Crippen LogP) is 5.06. The molecule has 1 atom stereocenters. The Labute approximate surface area is 222 Å². The van der Waals surface area contributed by atoms with Gasteiger partial charge in [-0.15, -0.1) is 0 Å². The minimum absolute atomic E-state index is 0.245. The molecule has 0 radical (unpaired) electrons. The van der Waals surface area contributed by atoms with Crippen molar-refractivity contribution in [3.8, 4) is 22.4 Å². The number of hydrogen-bond acceptors (Lipinski definition) is 5. The molecule has 1 saturated carbocycles. The highest BCUT2D eigenvalue weighted by Gasteiger charge is 2.26. The number of hydrogen-bond donors (Lipinski definition) is 3. The van der Waals surface area contributed by atoms with Crippen LogP contribution in [0.1, 0.15) is 37.8 Å². The molecule has 3 N–H and O–H groups in total. The zero-order valence-electron chi connectivity index (χ0n) is 20.9. The summed E-state index contributed by atoms with van der Waals surface area (Å²) in [4.78, 5) is 10.7. The fourth-order valence-electron chi connectivity index (χ4n) is 5.18. The van der Waals surface area contributed by atoms with Crippen LogP contribution in [0, 0.1) is 11.8 Å². The van der Waals surface area contributed by atoms with Crippen LogP contribution in [0.3, 0.4) is 0 Å².